The van der Waals surface area contributed by atoms with Crippen LogP contribution >= 0.6 is 0 Å². The highest BCUT2D eigenvalue weighted by atomic mass is 16.7. The van der Waals surface area contributed by atoms with Crippen molar-refractivity contribution in [3.05, 3.63) is 0 Å². The third-order valence-corrected chi connectivity index (χ3v) is 4.14. The summed E-state index contributed by atoms with van der Waals surface area (Å²) in [5, 5.41) is 57.7. The van der Waals surface area contributed by atoms with Gasteiger partial charge in [0, 0.05) is 0 Å². The molecule has 0 aliphatic carbocycles. The minimum absolute atomic E-state index is 0.581. The van der Waals surface area contributed by atoms with Crippen LogP contribution in [0.3, 0.4) is 0 Å². The fraction of sp³-hybridized carbons (Fsp3) is 1.00. The standard InChI is InChI=1S/C12H24N2O9/c13-5-9(19)10(4(2-16)21-11(5)20)23-12-6(14)8(18)7(17)3(1-15)22-12/h3-12,15-20H,1-2,13-14H2/t3-,4-,5-,6+,7+,8-,9-,10+,11+,12-/m0/s1. The lowest BCUT2D eigenvalue weighted by molar-refractivity contribution is -0.324. The fourth-order valence-corrected chi connectivity index (χ4v) is 2.65. The maximum Gasteiger partial charge on any atom is 0.176 e. The number of ether oxygens (including phenoxy) is 3. The third kappa shape index (κ3) is 3.65. The summed E-state index contributed by atoms with van der Waals surface area (Å²) in [5.74, 6) is 0. The SMILES string of the molecule is N[C@H]1[C@H](O[C@H]2[C@@H](O)[C@H](N)[C@H](O)O[C@H]2CO)O[C@@H](CO)[C@@H](O)[C@H]1O. The van der Waals surface area contributed by atoms with E-state index in [4.69, 9.17) is 30.8 Å². The van der Waals surface area contributed by atoms with E-state index >= 15 is 0 Å². The van der Waals surface area contributed by atoms with Crippen LogP contribution in [0.2, 0.25) is 0 Å². The Kier molecular flexibility index (Phi) is 6.27. The van der Waals surface area contributed by atoms with Crippen molar-refractivity contribution in [2.24, 2.45) is 11.5 Å². The van der Waals surface area contributed by atoms with E-state index in [0.29, 0.717) is 0 Å². The number of aliphatic hydroxyl groups excluding tert-OH is 6. The molecule has 0 bridgehead atoms. The Labute approximate surface area is 132 Å². The molecule has 11 nitrogen and oxygen atoms in total. The molecule has 0 spiro atoms. The zero-order chi connectivity index (χ0) is 17.3. The maximum atomic E-state index is 10.1. The van der Waals surface area contributed by atoms with Gasteiger partial charge in [-0.2, -0.15) is 0 Å². The molecule has 136 valence electrons. The second kappa shape index (κ2) is 7.63. The molecular weight excluding hydrogens is 316 g/mol. The van der Waals surface area contributed by atoms with Crippen LogP contribution in [0.5, 0.6) is 0 Å². The lowest BCUT2D eigenvalue weighted by atomic mass is 9.95. The third-order valence-electron chi connectivity index (χ3n) is 4.14. The minimum atomic E-state index is -1.49. The summed E-state index contributed by atoms with van der Waals surface area (Å²) in [5.41, 5.74) is 11.3. The number of rotatable bonds is 4. The van der Waals surface area contributed by atoms with Crippen LogP contribution in [0.15, 0.2) is 0 Å². The van der Waals surface area contributed by atoms with Crippen LogP contribution < -0.4 is 11.5 Å². The highest BCUT2D eigenvalue weighted by molar-refractivity contribution is 4.95. The van der Waals surface area contributed by atoms with Gasteiger partial charge in [0.2, 0.25) is 0 Å². The van der Waals surface area contributed by atoms with E-state index in [0.717, 1.165) is 0 Å². The Morgan fingerprint density at radius 1 is 0.783 bits per heavy atom. The predicted octanol–water partition coefficient (Wildman–Crippen LogP) is -5.46. The largest absolute Gasteiger partial charge is 0.394 e. The number of hydrogen-bond acceptors (Lipinski definition) is 11. The average molecular weight is 340 g/mol. The van der Waals surface area contributed by atoms with Crippen molar-refractivity contribution in [1.82, 2.24) is 0 Å². The Morgan fingerprint density at radius 3 is 1.96 bits per heavy atom. The first-order chi connectivity index (χ1) is 10.8. The smallest absolute Gasteiger partial charge is 0.176 e. The summed E-state index contributed by atoms with van der Waals surface area (Å²) in [4.78, 5) is 0. The van der Waals surface area contributed by atoms with Crippen molar-refractivity contribution >= 4 is 0 Å². The summed E-state index contributed by atoms with van der Waals surface area (Å²) in [6.07, 6.45) is -10.5. The van der Waals surface area contributed by atoms with Gasteiger partial charge in [-0.15, -0.1) is 0 Å². The van der Waals surface area contributed by atoms with Gasteiger partial charge < -0.3 is 56.3 Å². The quantitative estimate of drug-likeness (QED) is 0.242. The Morgan fingerprint density at radius 2 is 1.39 bits per heavy atom. The van der Waals surface area contributed by atoms with Crippen LogP contribution in [0.1, 0.15) is 0 Å². The molecule has 11 heteroatoms. The van der Waals surface area contributed by atoms with Crippen molar-refractivity contribution in [2.45, 2.75) is 61.3 Å². The second-order valence-electron chi connectivity index (χ2n) is 5.70. The molecule has 2 rings (SSSR count). The van der Waals surface area contributed by atoms with Gasteiger partial charge in [-0.1, -0.05) is 0 Å². The first kappa shape index (κ1) is 18.9. The van der Waals surface area contributed by atoms with E-state index < -0.39 is 74.5 Å². The predicted molar refractivity (Wildman–Crippen MR) is 72.6 cm³/mol. The number of aliphatic hydroxyl groups is 6. The summed E-state index contributed by atoms with van der Waals surface area (Å²) < 4.78 is 15.8. The van der Waals surface area contributed by atoms with Gasteiger partial charge in [0.25, 0.3) is 0 Å². The molecule has 0 saturated carbocycles. The van der Waals surface area contributed by atoms with E-state index in [1.807, 2.05) is 0 Å². The topological polar surface area (TPSA) is 201 Å². The summed E-state index contributed by atoms with van der Waals surface area (Å²) in [6, 6.07) is -2.37. The molecule has 2 aliphatic heterocycles. The molecule has 0 aromatic rings. The van der Waals surface area contributed by atoms with E-state index in [-0.39, 0.29) is 0 Å². The lowest BCUT2D eigenvalue weighted by Crippen LogP contribution is -2.67. The number of hydrogen-bond donors (Lipinski definition) is 8. The van der Waals surface area contributed by atoms with Crippen molar-refractivity contribution < 1.29 is 44.8 Å². The van der Waals surface area contributed by atoms with E-state index in [1.54, 1.807) is 0 Å². The highest BCUT2D eigenvalue weighted by Gasteiger charge is 2.49. The highest BCUT2D eigenvalue weighted by Crippen LogP contribution is 2.27. The van der Waals surface area contributed by atoms with E-state index in [2.05, 4.69) is 0 Å². The molecule has 2 aliphatic rings. The average Bonchev–Trinajstić information content (AvgIpc) is 2.55. The molecule has 0 amide bonds. The van der Waals surface area contributed by atoms with Crippen LogP contribution in [-0.4, -0.2) is 105 Å². The summed E-state index contributed by atoms with van der Waals surface area (Å²) in [6.45, 7) is -1.17. The van der Waals surface area contributed by atoms with Gasteiger partial charge >= 0.3 is 0 Å². The Bertz CT molecular complexity index is 386. The van der Waals surface area contributed by atoms with Crippen LogP contribution in [0.4, 0.5) is 0 Å². The molecule has 23 heavy (non-hydrogen) atoms. The molecule has 10 atom stereocenters. The first-order valence-corrected chi connectivity index (χ1v) is 7.23. The zero-order valence-electron chi connectivity index (χ0n) is 12.3. The van der Waals surface area contributed by atoms with Gasteiger partial charge in [0.1, 0.15) is 36.6 Å². The monoisotopic (exact) mass is 340 g/mol. The minimum Gasteiger partial charge on any atom is -0.394 e. The van der Waals surface area contributed by atoms with Gasteiger partial charge in [-0.05, 0) is 0 Å². The van der Waals surface area contributed by atoms with Gasteiger partial charge in [0.05, 0.1) is 25.3 Å². The zero-order valence-corrected chi connectivity index (χ0v) is 12.3. The van der Waals surface area contributed by atoms with E-state index in [9.17, 15) is 25.5 Å². The number of nitrogens with two attached hydrogens (primary N) is 2. The van der Waals surface area contributed by atoms with Crippen molar-refractivity contribution in [1.29, 1.82) is 0 Å². The maximum absolute atomic E-state index is 10.1. The Balaban J connectivity index is 2.11. The molecule has 0 radical (unpaired) electrons. The molecule has 10 N–H and O–H groups in total. The summed E-state index contributed by atoms with van der Waals surface area (Å²) in [7, 11) is 0. The molecule has 2 heterocycles. The second-order valence-corrected chi connectivity index (χ2v) is 5.70. The van der Waals surface area contributed by atoms with Crippen LogP contribution in [0, 0.1) is 0 Å². The molecule has 0 aromatic carbocycles. The van der Waals surface area contributed by atoms with Crippen molar-refractivity contribution in [2.75, 3.05) is 13.2 Å². The molecule has 0 aromatic heterocycles. The first-order valence-electron chi connectivity index (χ1n) is 7.23. The van der Waals surface area contributed by atoms with Crippen LogP contribution in [-0.2, 0) is 14.2 Å². The molecular formula is C12H24N2O9. The summed E-state index contributed by atoms with van der Waals surface area (Å²) >= 11 is 0. The van der Waals surface area contributed by atoms with Crippen LogP contribution in [0.25, 0.3) is 0 Å². The fourth-order valence-electron chi connectivity index (χ4n) is 2.65. The van der Waals surface area contributed by atoms with Gasteiger partial charge in [-0.25, -0.2) is 0 Å². The molecule has 2 saturated heterocycles. The lowest BCUT2D eigenvalue weighted by Gasteiger charge is -2.45. The van der Waals surface area contributed by atoms with Gasteiger partial charge in [0.15, 0.2) is 12.6 Å². The molecule has 0 unspecified atom stereocenters. The molecule has 2 fully saturated rings. The van der Waals surface area contributed by atoms with Gasteiger partial charge in [-0.3, -0.25) is 0 Å². The van der Waals surface area contributed by atoms with Crippen molar-refractivity contribution in [3.63, 3.8) is 0 Å². The Hall–Kier alpha value is -0.440. The van der Waals surface area contributed by atoms with E-state index in [1.165, 1.54) is 0 Å². The van der Waals surface area contributed by atoms with Crippen molar-refractivity contribution in [3.8, 4) is 0 Å². The normalized spacial score (nSPS) is 51.7.